The van der Waals surface area contributed by atoms with Gasteiger partial charge < -0.3 is 9.88 Å². The van der Waals surface area contributed by atoms with Gasteiger partial charge in [0.2, 0.25) is 0 Å². The monoisotopic (exact) mass is 370 g/mol. The topological polar surface area (TPSA) is 85.5 Å². The van der Waals surface area contributed by atoms with Crippen molar-refractivity contribution in [2.75, 3.05) is 0 Å². The Balaban J connectivity index is 1.97. The van der Waals surface area contributed by atoms with Crippen molar-refractivity contribution in [3.05, 3.63) is 66.8 Å². The van der Waals surface area contributed by atoms with Gasteiger partial charge in [0.1, 0.15) is 0 Å². The van der Waals surface area contributed by atoms with E-state index in [4.69, 9.17) is 0 Å². The molecule has 1 aliphatic rings. The molecular weight excluding hydrogens is 352 g/mol. The number of nitrogens with zero attached hydrogens (tertiary/aromatic N) is 3. The number of aliphatic imine (C=N–C) groups is 1. The maximum Gasteiger partial charge on any atom is 0.330 e. The molecule has 0 radical (unpaired) electrons. The van der Waals surface area contributed by atoms with Gasteiger partial charge in [0.25, 0.3) is 11.5 Å². The number of amides is 1. The molecular formula is C18H18N4O3S. The standard InChI is InChI=1S/C18H18N4O3S/c1-10-5-6-11(2)13(7-10)19-17-20-15(23)14(26-17)8-12-9-21(3)18(25)22(4)16(12)24/h5-9H,1-4H3,(H,19,20,23)/b14-8+. The van der Waals surface area contributed by atoms with Crippen LogP contribution in [-0.2, 0) is 18.9 Å². The summed E-state index contributed by atoms with van der Waals surface area (Å²) in [4.78, 5) is 41.1. The van der Waals surface area contributed by atoms with Gasteiger partial charge in [0.05, 0.1) is 16.2 Å². The molecule has 1 fully saturated rings. The van der Waals surface area contributed by atoms with Gasteiger partial charge in [-0.25, -0.2) is 9.79 Å². The van der Waals surface area contributed by atoms with E-state index < -0.39 is 11.2 Å². The number of hydrogen-bond donors (Lipinski definition) is 1. The minimum absolute atomic E-state index is 0.264. The Morgan fingerprint density at radius 3 is 2.62 bits per heavy atom. The second-order valence-electron chi connectivity index (χ2n) is 6.11. The third kappa shape index (κ3) is 3.41. The first kappa shape index (κ1) is 17.9. The highest BCUT2D eigenvalue weighted by Crippen LogP contribution is 2.29. The van der Waals surface area contributed by atoms with Gasteiger partial charge in [0.15, 0.2) is 5.17 Å². The molecule has 0 aliphatic carbocycles. The Morgan fingerprint density at radius 2 is 1.88 bits per heavy atom. The lowest BCUT2D eigenvalue weighted by Crippen LogP contribution is -2.37. The highest BCUT2D eigenvalue weighted by atomic mass is 32.2. The first-order valence-electron chi connectivity index (χ1n) is 7.90. The fraction of sp³-hybridized carbons (Fsp3) is 0.222. The molecule has 8 heteroatoms. The second kappa shape index (κ2) is 6.80. The number of thioether (sulfide) groups is 1. The van der Waals surface area contributed by atoms with E-state index >= 15 is 0 Å². The lowest BCUT2D eigenvalue weighted by atomic mass is 10.1. The lowest BCUT2D eigenvalue weighted by Gasteiger charge is -2.03. The maximum absolute atomic E-state index is 12.2. The molecule has 7 nitrogen and oxygen atoms in total. The molecule has 1 aliphatic heterocycles. The Hall–Kier alpha value is -2.87. The highest BCUT2D eigenvalue weighted by molar-refractivity contribution is 8.18. The Morgan fingerprint density at radius 1 is 1.15 bits per heavy atom. The summed E-state index contributed by atoms with van der Waals surface area (Å²) >= 11 is 1.16. The van der Waals surface area contributed by atoms with Crippen LogP contribution >= 0.6 is 11.8 Å². The average molecular weight is 370 g/mol. The predicted molar refractivity (Wildman–Crippen MR) is 104 cm³/mol. The van der Waals surface area contributed by atoms with Crippen LogP contribution < -0.4 is 16.6 Å². The number of rotatable bonds is 2. The first-order valence-corrected chi connectivity index (χ1v) is 8.71. The summed E-state index contributed by atoms with van der Waals surface area (Å²) in [5.41, 5.74) is 2.26. The van der Waals surface area contributed by atoms with Crippen molar-refractivity contribution in [1.29, 1.82) is 0 Å². The molecule has 3 rings (SSSR count). The van der Waals surface area contributed by atoms with Crippen LogP contribution in [0.4, 0.5) is 5.69 Å². The summed E-state index contributed by atoms with van der Waals surface area (Å²) in [6.07, 6.45) is 2.90. The summed E-state index contributed by atoms with van der Waals surface area (Å²) in [6.45, 7) is 3.93. The fourth-order valence-corrected chi connectivity index (χ4v) is 3.33. The molecule has 1 aromatic carbocycles. The van der Waals surface area contributed by atoms with Gasteiger partial charge in [-0.2, -0.15) is 0 Å². The number of nitrogens with one attached hydrogen (secondary N) is 1. The molecule has 1 amide bonds. The lowest BCUT2D eigenvalue weighted by molar-refractivity contribution is -0.115. The van der Waals surface area contributed by atoms with E-state index in [0.717, 1.165) is 33.1 Å². The van der Waals surface area contributed by atoms with E-state index in [-0.39, 0.29) is 11.5 Å². The second-order valence-corrected chi connectivity index (χ2v) is 7.14. The molecule has 1 aromatic heterocycles. The number of aryl methyl sites for hydroxylation is 3. The number of carbonyl (C=O) groups excluding carboxylic acids is 1. The smallest absolute Gasteiger partial charge is 0.303 e. The molecule has 1 N–H and O–H groups in total. The van der Waals surface area contributed by atoms with Gasteiger partial charge in [-0.15, -0.1) is 0 Å². The van der Waals surface area contributed by atoms with Crippen LogP contribution in [-0.4, -0.2) is 20.2 Å². The number of hydrogen-bond acceptors (Lipinski definition) is 5. The van der Waals surface area contributed by atoms with Crippen LogP contribution in [0.2, 0.25) is 0 Å². The van der Waals surface area contributed by atoms with Crippen LogP contribution in [0.1, 0.15) is 16.7 Å². The Labute approximate surface area is 154 Å². The summed E-state index contributed by atoms with van der Waals surface area (Å²) in [6, 6.07) is 5.92. The van der Waals surface area contributed by atoms with E-state index in [1.54, 1.807) is 7.05 Å². The SMILES string of the molecule is Cc1ccc(C)c(N=C2NC(=O)/C(=C\c3cn(C)c(=O)n(C)c3=O)S2)c1. The van der Waals surface area contributed by atoms with E-state index in [1.807, 2.05) is 32.0 Å². The zero-order valence-electron chi connectivity index (χ0n) is 14.9. The predicted octanol–water partition coefficient (Wildman–Crippen LogP) is 1.59. The van der Waals surface area contributed by atoms with Crippen molar-refractivity contribution < 1.29 is 4.79 Å². The fourth-order valence-electron chi connectivity index (χ4n) is 2.51. The number of benzene rings is 1. The van der Waals surface area contributed by atoms with Crippen molar-refractivity contribution in [3.8, 4) is 0 Å². The molecule has 0 unspecified atom stereocenters. The zero-order valence-corrected chi connectivity index (χ0v) is 15.7. The van der Waals surface area contributed by atoms with E-state index in [2.05, 4.69) is 10.3 Å². The van der Waals surface area contributed by atoms with Gasteiger partial charge in [-0.3, -0.25) is 14.2 Å². The van der Waals surface area contributed by atoms with Gasteiger partial charge in [-0.05, 0) is 48.9 Å². The third-order valence-corrected chi connectivity index (χ3v) is 4.91. The Kier molecular flexibility index (Phi) is 4.69. The normalized spacial score (nSPS) is 17.2. The van der Waals surface area contributed by atoms with E-state index in [0.29, 0.717) is 10.1 Å². The number of amidine groups is 1. The molecule has 2 aromatic rings. The number of carbonyl (C=O) groups is 1. The molecule has 134 valence electrons. The first-order chi connectivity index (χ1) is 12.3. The van der Waals surface area contributed by atoms with Crippen LogP contribution in [0, 0.1) is 13.8 Å². The van der Waals surface area contributed by atoms with Gasteiger partial charge >= 0.3 is 5.69 Å². The average Bonchev–Trinajstić information content (AvgIpc) is 2.93. The van der Waals surface area contributed by atoms with Crippen LogP contribution in [0.3, 0.4) is 0 Å². The summed E-state index contributed by atoms with van der Waals surface area (Å²) < 4.78 is 2.31. The van der Waals surface area contributed by atoms with Crippen molar-refractivity contribution in [2.45, 2.75) is 13.8 Å². The highest BCUT2D eigenvalue weighted by Gasteiger charge is 2.24. The summed E-state index contributed by atoms with van der Waals surface area (Å²) in [5.74, 6) is -0.324. The van der Waals surface area contributed by atoms with Crippen molar-refractivity contribution in [3.63, 3.8) is 0 Å². The zero-order chi connectivity index (χ0) is 19.0. The molecule has 0 atom stereocenters. The van der Waals surface area contributed by atoms with Crippen molar-refractivity contribution in [1.82, 2.24) is 14.5 Å². The summed E-state index contributed by atoms with van der Waals surface area (Å²) in [7, 11) is 2.96. The quantitative estimate of drug-likeness (QED) is 0.814. The van der Waals surface area contributed by atoms with Crippen molar-refractivity contribution >= 4 is 34.6 Å². The molecule has 2 heterocycles. The third-order valence-electron chi connectivity index (χ3n) is 4.00. The Bertz CT molecular complexity index is 1090. The molecule has 0 bridgehead atoms. The molecule has 1 saturated heterocycles. The molecule has 0 spiro atoms. The minimum atomic E-state index is -0.450. The van der Waals surface area contributed by atoms with Gasteiger partial charge in [-0.1, -0.05) is 12.1 Å². The minimum Gasteiger partial charge on any atom is -0.303 e. The maximum atomic E-state index is 12.2. The number of aromatic nitrogens is 2. The largest absolute Gasteiger partial charge is 0.330 e. The van der Waals surface area contributed by atoms with Gasteiger partial charge in [0, 0.05) is 20.3 Å². The van der Waals surface area contributed by atoms with Crippen LogP contribution in [0.25, 0.3) is 6.08 Å². The van der Waals surface area contributed by atoms with E-state index in [9.17, 15) is 14.4 Å². The van der Waals surface area contributed by atoms with Crippen LogP contribution in [0.5, 0.6) is 0 Å². The summed E-state index contributed by atoms with van der Waals surface area (Å²) in [5, 5.41) is 3.16. The molecule has 0 saturated carbocycles. The van der Waals surface area contributed by atoms with Crippen molar-refractivity contribution in [2.24, 2.45) is 19.1 Å². The molecule has 26 heavy (non-hydrogen) atoms. The van der Waals surface area contributed by atoms with Crippen LogP contribution in [0.15, 0.2) is 43.9 Å². The van der Waals surface area contributed by atoms with E-state index in [1.165, 1.54) is 23.9 Å².